The molecule has 3 fully saturated rings. The van der Waals surface area contributed by atoms with Crippen molar-refractivity contribution in [3.63, 3.8) is 0 Å². The van der Waals surface area contributed by atoms with Gasteiger partial charge in [-0.25, -0.2) is 4.79 Å². The third-order valence-corrected chi connectivity index (χ3v) is 10.3. The molecule has 0 radical (unpaired) electrons. The Labute approximate surface area is 175 Å². The van der Waals surface area contributed by atoms with E-state index in [1.807, 2.05) is 44.3 Å². The fourth-order valence-corrected chi connectivity index (χ4v) is 7.65. The zero-order chi connectivity index (χ0) is 20.8. The lowest BCUT2D eigenvalue weighted by Gasteiger charge is -2.38. The Morgan fingerprint density at radius 1 is 1.14 bits per heavy atom. The van der Waals surface area contributed by atoms with Gasteiger partial charge in [-0.15, -0.1) is 23.5 Å². The Kier molecular flexibility index (Phi) is 5.78. The normalized spacial score (nSPS) is 33.8. The summed E-state index contributed by atoms with van der Waals surface area (Å²) in [7, 11) is 1.33. The molecule has 6 nitrogen and oxygen atoms in total. The van der Waals surface area contributed by atoms with Crippen LogP contribution in [0.4, 0.5) is 0 Å². The molecule has 2 heterocycles. The zero-order valence-corrected chi connectivity index (χ0v) is 18.9. The summed E-state index contributed by atoms with van der Waals surface area (Å²) in [5.74, 6) is 0.819. The van der Waals surface area contributed by atoms with Crippen molar-refractivity contribution in [2.45, 2.75) is 75.6 Å². The molecule has 3 unspecified atom stereocenters. The molecule has 8 heteroatoms. The Hall–Kier alpha value is -0.890. The maximum absolute atomic E-state index is 13.3. The first kappa shape index (κ1) is 21.8. The molecule has 2 saturated heterocycles. The van der Waals surface area contributed by atoms with Crippen LogP contribution in [0.25, 0.3) is 0 Å². The Balaban J connectivity index is 1.79. The van der Waals surface area contributed by atoms with Gasteiger partial charge in [0.2, 0.25) is 5.60 Å². The van der Waals surface area contributed by atoms with Gasteiger partial charge in [0.15, 0.2) is 0 Å². The number of hydrogen-bond acceptors (Lipinski definition) is 8. The summed E-state index contributed by atoms with van der Waals surface area (Å²) in [6, 6.07) is 0. The molecule has 158 valence electrons. The van der Waals surface area contributed by atoms with Crippen LogP contribution in [0, 0.1) is 10.8 Å². The number of hydrogen-bond donors (Lipinski definition) is 0. The molecular formula is C20H30O6S2. The molecular weight excluding hydrogens is 400 g/mol. The van der Waals surface area contributed by atoms with E-state index in [9.17, 15) is 14.4 Å². The molecule has 3 atom stereocenters. The summed E-state index contributed by atoms with van der Waals surface area (Å²) in [6.45, 7) is 7.79. The summed E-state index contributed by atoms with van der Waals surface area (Å²) >= 11 is 3.67. The predicted octanol–water partition coefficient (Wildman–Crippen LogP) is 3.56. The number of methoxy groups -OCH3 is 1. The number of carbonyl (C=O) groups excluding carboxylic acids is 3. The maximum atomic E-state index is 13.3. The van der Waals surface area contributed by atoms with Crippen LogP contribution in [0.1, 0.15) is 59.8 Å². The molecule has 2 aliphatic heterocycles. The molecule has 0 spiro atoms. The second-order valence-corrected chi connectivity index (χ2v) is 12.3. The number of carbonyl (C=O) groups is 3. The second kappa shape index (κ2) is 7.42. The molecule has 1 saturated carbocycles. The minimum absolute atomic E-state index is 0.000668. The molecule has 0 aromatic heterocycles. The summed E-state index contributed by atoms with van der Waals surface area (Å²) in [5.41, 5.74) is -2.63. The first-order chi connectivity index (χ1) is 13.0. The van der Waals surface area contributed by atoms with E-state index < -0.39 is 34.5 Å². The molecule has 1 aliphatic carbocycles. The third-order valence-electron chi connectivity index (χ3n) is 7.01. The number of thioether (sulfide) groups is 2. The SMILES string of the molecule is COC(=O)CC(CC1(C)SCCCS1)OC(=O)C12CCC(C)(C(=O)O1)C2(C)C. The Morgan fingerprint density at radius 3 is 2.29 bits per heavy atom. The van der Waals surface area contributed by atoms with Gasteiger partial charge >= 0.3 is 17.9 Å². The van der Waals surface area contributed by atoms with Gasteiger partial charge in [-0.1, -0.05) is 13.8 Å². The number of rotatable bonds is 6. The number of ether oxygens (including phenoxy) is 3. The summed E-state index contributed by atoms with van der Waals surface area (Å²) in [5, 5.41) is 0. The van der Waals surface area contributed by atoms with Crippen molar-refractivity contribution < 1.29 is 28.6 Å². The van der Waals surface area contributed by atoms with E-state index in [1.165, 1.54) is 7.11 Å². The van der Waals surface area contributed by atoms with Crippen molar-refractivity contribution in [3.05, 3.63) is 0 Å². The van der Waals surface area contributed by atoms with Crippen LogP contribution < -0.4 is 0 Å². The zero-order valence-electron chi connectivity index (χ0n) is 17.3. The quantitative estimate of drug-likeness (QED) is 0.467. The Bertz CT molecular complexity index is 672. The van der Waals surface area contributed by atoms with E-state index in [0.717, 1.165) is 17.9 Å². The van der Waals surface area contributed by atoms with E-state index in [4.69, 9.17) is 14.2 Å². The summed E-state index contributed by atoms with van der Waals surface area (Å²) in [4.78, 5) is 37.7. The molecule has 3 aliphatic rings. The third kappa shape index (κ3) is 3.34. The molecule has 0 amide bonds. The fraction of sp³-hybridized carbons (Fsp3) is 0.850. The number of esters is 3. The van der Waals surface area contributed by atoms with Crippen molar-refractivity contribution in [2.75, 3.05) is 18.6 Å². The van der Waals surface area contributed by atoms with Gasteiger partial charge in [-0.2, -0.15) is 0 Å². The highest BCUT2D eigenvalue weighted by atomic mass is 32.2. The van der Waals surface area contributed by atoms with Crippen molar-refractivity contribution in [1.29, 1.82) is 0 Å². The smallest absolute Gasteiger partial charge is 0.351 e. The van der Waals surface area contributed by atoms with E-state index in [0.29, 0.717) is 19.3 Å². The van der Waals surface area contributed by atoms with E-state index in [2.05, 4.69) is 6.92 Å². The van der Waals surface area contributed by atoms with Crippen LogP contribution in [0.3, 0.4) is 0 Å². The molecule has 0 aromatic carbocycles. The van der Waals surface area contributed by atoms with Crippen LogP contribution in [-0.2, 0) is 28.6 Å². The van der Waals surface area contributed by atoms with Gasteiger partial charge in [0, 0.05) is 11.8 Å². The fourth-order valence-electron chi connectivity index (χ4n) is 4.58. The first-order valence-corrected chi connectivity index (χ1v) is 11.8. The minimum Gasteiger partial charge on any atom is -0.469 e. The lowest BCUT2D eigenvalue weighted by molar-refractivity contribution is -0.188. The maximum Gasteiger partial charge on any atom is 0.351 e. The lowest BCUT2D eigenvalue weighted by atomic mass is 9.66. The standard InChI is InChI=1S/C20H30O6S2/c1-17(2)18(3)7-8-20(17,26-15(18)22)16(23)25-13(11-14(21)24-5)12-19(4)27-9-6-10-28-19/h13H,6-12H2,1-5H3. The van der Waals surface area contributed by atoms with E-state index in [1.54, 1.807) is 0 Å². The van der Waals surface area contributed by atoms with Crippen molar-refractivity contribution >= 4 is 41.4 Å². The summed E-state index contributed by atoms with van der Waals surface area (Å²) in [6.07, 6.45) is 2.13. The highest BCUT2D eigenvalue weighted by molar-refractivity contribution is 8.18. The van der Waals surface area contributed by atoms with Gasteiger partial charge in [-0.05, 0) is 44.6 Å². The van der Waals surface area contributed by atoms with Crippen LogP contribution in [0.15, 0.2) is 0 Å². The first-order valence-electron chi connectivity index (χ1n) is 9.79. The van der Waals surface area contributed by atoms with Gasteiger partial charge < -0.3 is 14.2 Å². The monoisotopic (exact) mass is 430 g/mol. The average molecular weight is 431 g/mol. The minimum atomic E-state index is -1.28. The van der Waals surface area contributed by atoms with Crippen LogP contribution in [0.5, 0.6) is 0 Å². The molecule has 0 aromatic rings. The number of fused-ring (bicyclic) bond motifs is 2. The van der Waals surface area contributed by atoms with Crippen molar-refractivity contribution in [2.24, 2.45) is 10.8 Å². The average Bonchev–Trinajstić information content (AvgIpc) is 2.92. The van der Waals surface area contributed by atoms with Gasteiger partial charge in [-0.3, -0.25) is 9.59 Å². The van der Waals surface area contributed by atoms with Gasteiger partial charge in [0.25, 0.3) is 0 Å². The van der Waals surface area contributed by atoms with E-state index >= 15 is 0 Å². The molecule has 3 rings (SSSR count). The van der Waals surface area contributed by atoms with Crippen LogP contribution in [0.2, 0.25) is 0 Å². The van der Waals surface area contributed by atoms with E-state index in [-0.39, 0.29) is 16.5 Å². The summed E-state index contributed by atoms with van der Waals surface area (Å²) < 4.78 is 16.2. The molecule has 28 heavy (non-hydrogen) atoms. The van der Waals surface area contributed by atoms with Crippen LogP contribution in [-0.4, -0.2) is 52.3 Å². The second-order valence-electron chi connectivity index (χ2n) is 8.87. The van der Waals surface area contributed by atoms with Crippen molar-refractivity contribution in [3.8, 4) is 0 Å². The largest absolute Gasteiger partial charge is 0.469 e. The topological polar surface area (TPSA) is 78.9 Å². The van der Waals surface area contributed by atoms with Crippen LogP contribution >= 0.6 is 23.5 Å². The molecule has 2 bridgehead atoms. The van der Waals surface area contributed by atoms with Gasteiger partial charge in [0.05, 0.1) is 23.0 Å². The lowest BCUT2D eigenvalue weighted by Crippen LogP contribution is -2.50. The van der Waals surface area contributed by atoms with Crippen molar-refractivity contribution in [1.82, 2.24) is 0 Å². The highest BCUT2D eigenvalue weighted by Gasteiger charge is 2.76. The predicted molar refractivity (Wildman–Crippen MR) is 109 cm³/mol. The van der Waals surface area contributed by atoms with Gasteiger partial charge in [0.1, 0.15) is 6.10 Å². The highest BCUT2D eigenvalue weighted by Crippen LogP contribution is 2.66. The Morgan fingerprint density at radius 2 is 1.79 bits per heavy atom. The molecule has 0 N–H and O–H groups in total.